The fraction of sp³-hybridized carbons (Fsp3) is 0. The Bertz CT molecular complexity index is 1470. The van der Waals surface area contributed by atoms with E-state index in [4.69, 9.17) is 0 Å². The summed E-state index contributed by atoms with van der Waals surface area (Å²) < 4.78 is 113. The van der Waals surface area contributed by atoms with Crippen molar-refractivity contribution in [3.63, 3.8) is 0 Å². The fourth-order valence-electron chi connectivity index (χ4n) is 4.07. The molecule has 1 radical (unpaired) electrons. The number of hydrogen-bond donors (Lipinski definition) is 0. The van der Waals surface area contributed by atoms with Crippen molar-refractivity contribution in [1.82, 2.24) is 0 Å². The molecule has 0 amide bonds. The zero-order valence-electron chi connectivity index (χ0n) is 16.2. The van der Waals surface area contributed by atoms with Gasteiger partial charge in [-0.3, -0.25) is 0 Å². The van der Waals surface area contributed by atoms with Gasteiger partial charge in [-0.25, -0.2) is 35.1 Å². The lowest BCUT2D eigenvalue weighted by molar-refractivity contribution is 0.410. The van der Waals surface area contributed by atoms with E-state index in [1.54, 1.807) is 24.3 Å². The van der Waals surface area contributed by atoms with E-state index in [0.717, 1.165) is 6.07 Å². The molecule has 0 bridgehead atoms. The van der Waals surface area contributed by atoms with Crippen molar-refractivity contribution < 1.29 is 35.1 Å². The molecule has 0 aliphatic heterocycles. The summed E-state index contributed by atoms with van der Waals surface area (Å²) in [6.07, 6.45) is 1.51. The molecule has 0 saturated heterocycles. The summed E-state index contributed by atoms with van der Waals surface area (Å²) in [6, 6.07) is 10.1. The monoisotopic (exact) mass is 461 g/mol. The number of rotatable bonds is 2. The maximum Gasteiger partial charge on any atom is 0.198 e. The third kappa shape index (κ3) is 3.04. The van der Waals surface area contributed by atoms with Gasteiger partial charge in [0, 0.05) is 17.5 Å². The standard InChI is InChI=1S/C25H9F8/c26-17-8-15(20(28)24(32)22(17)30)13-6-5-12-11-4-2-1-3-10(11)7-14(12)19(13)16-9-18(27)23(31)25(33)21(16)29/h1-9H. The highest BCUT2D eigenvalue weighted by Gasteiger charge is 2.30. The van der Waals surface area contributed by atoms with E-state index in [2.05, 4.69) is 0 Å². The normalized spacial score (nSPS) is 12.1. The summed E-state index contributed by atoms with van der Waals surface area (Å²) >= 11 is 0. The number of benzene rings is 4. The molecule has 33 heavy (non-hydrogen) atoms. The van der Waals surface area contributed by atoms with Crippen molar-refractivity contribution >= 4 is 0 Å². The van der Waals surface area contributed by atoms with Crippen molar-refractivity contribution in [2.45, 2.75) is 0 Å². The van der Waals surface area contributed by atoms with E-state index in [1.165, 1.54) is 12.5 Å². The Balaban J connectivity index is 1.91. The predicted octanol–water partition coefficient (Wildman–Crippen LogP) is 7.71. The van der Waals surface area contributed by atoms with Crippen LogP contribution < -0.4 is 0 Å². The Hall–Kier alpha value is -3.68. The van der Waals surface area contributed by atoms with Crippen LogP contribution in [-0.4, -0.2) is 0 Å². The summed E-state index contributed by atoms with van der Waals surface area (Å²) in [6.45, 7) is 0. The third-order valence-electron chi connectivity index (χ3n) is 5.56. The molecule has 0 spiro atoms. The summed E-state index contributed by atoms with van der Waals surface area (Å²) in [5.41, 5.74) is -0.433. The summed E-state index contributed by atoms with van der Waals surface area (Å²) in [7, 11) is 0. The van der Waals surface area contributed by atoms with Crippen LogP contribution in [0.4, 0.5) is 35.1 Å². The molecule has 5 rings (SSSR count). The van der Waals surface area contributed by atoms with Crippen molar-refractivity contribution in [2.75, 3.05) is 0 Å². The van der Waals surface area contributed by atoms with Crippen LogP contribution in [0.2, 0.25) is 0 Å². The number of hydrogen-bond acceptors (Lipinski definition) is 0. The van der Waals surface area contributed by atoms with Crippen molar-refractivity contribution in [3.8, 4) is 33.4 Å². The van der Waals surface area contributed by atoms with Crippen molar-refractivity contribution in [1.29, 1.82) is 0 Å². The smallest absolute Gasteiger partial charge is 0.198 e. The first-order chi connectivity index (χ1) is 15.7. The lowest BCUT2D eigenvalue weighted by Crippen LogP contribution is -2.04. The van der Waals surface area contributed by atoms with Gasteiger partial charge in [-0.05, 0) is 45.5 Å². The minimum Gasteiger partial charge on any atom is -0.204 e. The van der Waals surface area contributed by atoms with Gasteiger partial charge in [0.05, 0.1) is 0 Å². The van der Waals surface area contributed by atoms with Gasteiger partial charge in [0.1, 0.15) is 0 Å². The van der Waals surface area contributed by atoms with Crippen LogP contribution in [0.3, 0.4) is 0 Å². The molecule has 0 aromatic heterocycles. The largest absolute Gasteiger partial charge is 0.204 e. The molecular weight excluding hydrogens is 452 g/mol. The molecule has 0 atom stereocenters. The maximum absolute atomic E-state index is 14.8. The van der Waals surface area contributed by atoms with E-state index in [1.807, 2.05) is 0 Å². The van der Waals surface area contributed by atoms with Crippen LogP contribution >= 0.6 is 0 Å². The van der Waals surface area contributed by atoms with Crippen LogP contribution in [0.1, 0.15) is 11.1 Å². The SMILES string of the molecule is Fc1cc(-c2ccc3c(c2-c2cc(F)c(F)c(F)c2F)[CH]c2ccccc2-3)c(F)c(F)c1F. The molecule has 0 nitrogen and oxygen atoms in total. The van der Waals surface area contributed by atoms with Crippen LogP contribution in [0.25, 0.3) is 33.4 Å². The lowest BCUT2D eigenvalue weighted by Gasteiger charge is -2.18. The molecule has 165 valence electrons. The van der Waals surface area contributed by atoms with Crippen LogP contribution in [0, 0.1) is 53.0 Å². The average molecular weight is 461 g/mol. The highest BCUT2D eigenvalue weighted by Crippen LogP contribution is 2.48. The molecule has 0 heterocycles. The first-order valence-electron chi connectivity index (χ1n) is 9.48. The Kier molecular flexibility index (Phi) is 4.77. The van der Waals surface area contributed by atoms with E-state index < -0.39 is 57.7 Å². The molecule has 0 saturated carbocycles. The minimum atomic E-state index is -2.11. The zero-order valence-corrected chi connectivity index (χ0v) is 16.2. The van der Waals surface area contributed by atoms with Crippen molar-refractivity contribution in [2.24, 2.45) is 0 Å². The van der Waals surface area contributed by atoms with Gasteiger partial charge >= 0.3 is 0 Å². The topological polar surface area (TPSA) is 0 Å². The van der Waals surface area contributed by atoms with Crippen LogP contribution in [0.15, 0.2) is 48.5 Å². The second-order valence-corrected chi connectivity index (χ2v) is 7.38. The van der Waals surface area contributed by atoms with Crippen molar-refractivity contribution in [3.05, 3.63) is 113 Å². The molecule has 8 heteroatoms. The Morgan fingerprint density at radius 1 is 0.424 bits per heavy atom. The second kappa shape index (κ2) is 7.43. The van der Waals surface area contributed by atoms with Crippen LogP contribution in [-0.2, 0) is 0 Å². The number of fused-ring (bicyclic) bond motifs is 3. The van der Waals surface area contributed by atoms with Gasteiger partial charge in [0.2, 0.25) is 0 Å². The lowest BCUT2D eigenvalue weighted by atomic mass is 9.87. The quantitative estimate of drug-likeness (QED) is 0.144. The number of halogens is 8. The molecule has 0 N–H and O–H groups in total. The van der Waals surface area contributed by atoms with Gasteiger partial charge in [-0.15, -0.1) is 0 Å². The molecular formula is C25H9F8. The highest BCUT2D eigenvalue weighted by atomic mass is 19.2. The Morgan fingerprint density at radius 3 is 1.64 bits per heavy atom. The molecule has 4 aromatic carbocycles. The molecule has 0 fully saturated rings. The molecule has 1 aliphatic rings. The molecule has 0 unspecified atom stereocenters. The Labute approximate surface area is 181 Å². The summed E-state index contributed by atoms with van der Waals surface area (Å²) in [5.74, 6) is -15.3. The van der Waals surface area contributed by atoms with Crippen LogP contribution in [0.5, 0.6) is 0 Å². The van der Waals surface area contributed by atoms with Gasteiger partial charge in [0.25, 0.3) is 0 Å². The molecule has 1 aliphatic carbocycles. The van der Waals surface area contributed by atoms with Gasteiger partial charge < -0.3 is 0 Å². The van der Waals surface area contributed by atoms with Gasteiger partial charge in [0.15, 0.2) is 46.5 Å². The van der Waals surface area contributed by atoms with E-state index >= 15 is 0 Å². The molecule has 4 aromatic rings. The Morgan fingerprint density at radius 2 is 0.970 bits per heavy atom. The minimum absolute atomic E-state index is 0.155. The van der Waals surface area contributed by atoms with Gasteiger partial charge in [-0.2, -0.15) is 0 Å². The zero-order chi connectivity index (χ0) is 23.6. The average Bonchev–Trinajstić information content (AvgIpc) is 3.19. The van der Waals surface area contributed by atoms with Gasteiger partial charge in [-0.1, -0.05) is 36.4 Å². The highest BCUT2D eigenvalue weighted by molar-refractivity contribution is 5.96. The predicted molar refractivity (Wildman–Crippen MR) is 105 cm³/mol. The first-order valence-corrected chi connectivity index (χ1v) is 9.48. The maximum atomic E-state index is 14.8. The third-order valence-corrected chi connectivity index (χ3v) is 5.56. The fourth-order valence-corrected chi connectivity index (χ4v) is 4.07. The first kappa shape index (κ1) is 21.2. The summed E-state index contributed by atoms with van der Waals surface area (Å²) in [5, 5.41) is 0. The van der Waals surface area contributed by atoms with E-state index in [-0.39, 0.29) is 16.7 Å². The summed E-state index contributed by atoms with van der Waals surface area (Å²) in [4.78, 5) is 0. The second-order valence-electron chi connectivity index (χ2n) is 7.38. The van der Waals surface area contributed by atoms with E-state index in [0.29, 0.717) is 28.8 Å². The van der Waals surface area contributed by atoms with E-state index in [9.17, 15) is 35.1 Å².